The van der Waals surface area contributed by atoms with Crippen molar-refractivity contribution < 1.29 is 22.7 Å². The van der Waals surface area contributed by atoms with Gasteiger partial charge in [0.05, 0.1) is 22.8 Å². The van der Waals surface area contributed by atoms with Crippen molar-refractivity contribution in [3.05, 3.63) is 100 Å². The number of nitriles is 1. The highest BCUT2D eigenvalue weighted by atomic mass is 35.5. The minimum Gasteiger partial charge on any atom is -0.423 e. The number of alkyl halides is 3. The molecular weight excluding hydrogens is 415 g/mol. The Balaban J connectivity index is 1.79. The summed E-state index contributed by atoms with van der Waals surface area (Å²) in [6.45, 7) is 0. The Labute approximate surface area is 175 Å². The predicted octanol–water partition coefficient (Wildman–Crippen LogP) is 6.64. The van der Waals surface area contributed by atoms with Crippen LogP contribution in [0, 0.1) is 11.3 Å². The third-order valence-electron chi connectivity index (χ3n) is 4.10. The molecule has 0 aliphatic rings. The first-order chi connectivity index (χ1) is 14.3. The summed E-state index contributed by atoms with van der Waals surface area (Å²) in [5, 5.41) is 9.99. The molecule has 150 valence electrons. The number of hydrogen-bond acceptors (Lipinski definition) is 3. The van der Waals surface area contributed by atoms with Gasteiger partial charge in [0, 0.05) is 5.02 Å². The number of carbonyl (C=O) groups excluding carboxylic acids is 1. The first kappa shape index (κ1) is 21.2. The number of ether oxygens (including phenoxy) is 1. The molecule has 0 bridgehead atoms. The van der Waals surface area contributed by atoms with E-state index < -0.39 is 17.7 Å². The van der Waals surface area contributed by atoms with Gasteiger partial charge in [0.15, 0.2) is 0 Å². The summed E-state index contributed by atoms with van der Waals surface area (Å²) in [6.07, 6.45) is -2.86. The second-order valence-electron chi connectivity index (χ2n) is 6.21. The maximum Gasteiger partial charge on any atom is 0.416 e. The minimum absolute atomic E-state index is 0.0113. The van der Waals surface area contributed by atoms with Crippen LogP contribution in [0.3, 0.4) is 0 Å². The maximum atomic E-state index is 12.6. The fourth-order valence-electron chi connectivity index (χ4n) is 2.61. The molecule has 0 saturated carbocycles. The van der Waals surface area contributed by atoms with Gasteiger partial charge < -0.3 is 4.74 Å². The first-order valence-corrected chi connectivity index (χ1v) is 9.01. The van der Waals surface area contributed by atoms with E-state index in [2.05, 4.69) is 6.07 Å². The SMILES string of the molecule is N#C/C(=C/c1cccc(OC(=O)c2ccc(C(F)(F)F)cc2)c1)c1ccc(Cl)cc1. The largest absolute Gasteiger partial charge is 0.423 e. The smallest absolute Gasteiger partial charge is 0.416 e. The summed E-state index contributed by atoms with van der Waals surface area (Å²) in [7, 11) is 0. The van der Waals surface area contributed by atoms with Gasteiger partial charge in [-0.25, -0.2) is 4.79 Å². The van der Waals surface area contributed by atoms with E-state index in [9.17, 15) is 23.2 Å². The van der Waals surface area contributed by atoms with Crippen LogP contribution >= 0.6 is 11.6 Å². The summed E-state index contributed by atoms with van der Waals surface area (Å²) in [6, 6.07) is 19.1. The molecule has 3 aromatic carbocycles. The third-order valence-corrected chi connectivity index (χ3v) is 4.36. The van der Waals surface area contributed by atoms with E-state index in [-0.39, 0.29) is 11.3 Å². The highest BCUT2D eigenvalue weighted by Gasteiger charge is 2.30. The van der Waals surface area contributed by atoms with Crippen molar-refractivity contribution in [3.63, 3.8) is 0 Å². The van der Waals surface area contributed by atoms with Crippen molar-refractivity contribution in [2.75, 3.05) is 0 Å². The summed E-state index contributed by atoms with van der Waals surface area (Å²) in [4.78, 5) is 12.2. The molecule has 0 spiro atoms. The zero-order chi connectivity index (χ0) is 21.7. The number of nitrogens with zero attached hydrogens (tertiary/aromatic N) is 1. The van der Waals surface area contributed by atoms with Gasteiger partial charge in [-0.3, -0.25) is 0 Å². The number of carbonyl (C=O) groups is 1. The van der Waals surface area contributed by atoms with E-state index in [1.165, 1.54) is 6.07 Å². The van der Waals surface area contributed by atoms with Crippen LogP contribution in [0.15, 0.2) is 72.8 Å². The topological polar surface area (TPSA) is 50.1 Å². The Hall–Kier alpha value is -3.56. The second kappa shape index (κ2) is 8.85. The Kier molecular flexibility index (Phi) is 6.24. The van der Waals surface area contributed by atoms with Crippen LogP contribution in [0.5, 0.6) is 5.75 Å². The van der Waals surface area contributed by atoms with Crippen LogP contribution in [0.2, 0.25) is 5.02 Å². The number of hydrogen-bond donors (Lipinski definition) is 0. The summed E-state index contributed by atoms with van der Waals surface area (Å²) >= 11 is 5.86. The van der Waals surface area contributed by atoms with Crippen molar-refractivity contribution >= 4 is 29.2 Å². The van der Waals surface area contributed by atoms with E-state index >= 15 is 0 Å². The lowest BCUT2D eigenvalue weighted by Gasteiger charge is -2.08. The van der Waals surface area contributed by atoms with E-state index in [0.29, 0.717) is 21.7 Å². The monoisotopic (exact) mass is 427 g/mol. The molecule has 0 amide bonds. The van der Waals surface area contributed by atoms with E-state index in [0.717, 1.165) is 24.3 Å². The zero-order valence-electron chi connectivity index (χ0n) is 15.3. The molecule has 0 atom stereocenters. The van der Waals surface area contributed by atoms with Crippen molar-refractivity contribution in [3.8, 4) is 11.8 Å². The quantitative estimate of drug-likeness (QED) is 0.203. The predicted molar refractivity (Wildman–Crippen MR) is 108 cm³/mol. The fourth-order valence-corrected chi connectivity index (χ4v) is 2.73. The van der Waals surface area contributed by atoms with Crippen LogP contribution in [-0.2, 0) is 6.18 Å². The number of esters is 1. The van der Waals surface area contributed by atoms with Gasteiger partial charge in [0.2, 0.25) is 0 Å². The Morgan fingerprint density at radius 1 is 0.967 bits per heavy atom. The zero-order valence-corrected chi connectivity index (χ0v) is 16.0. The summed E-state index contributed by atoms with van der Waals surface area (Å²) < 4.78 is 43.2. The average molecular weight is 428 g/mol. The second-order valence-corrected chi connectivity index (χ2v) is 6.65. The molecule has 0 radical (unpaired) electrons. The highest BCUT2D eigenvalue weighted by molar-refractivity contribution is 6.30. The third kappa shape index (κ3) is 5.28. The van der Waals surface area contributed by atoms with Crippen LogP contribution < -0.4 is 4.74 Å². The van der Waals surface area contributed by atoms with Gasteiger partial charge in [-0.1, -0.05) is 35.9 Å². The number of allylic oxidation sites excluding steroid dienone is 1. The molecule has 7 heteroatoms. The van der Waals surface area contributed by atoms with Gasteiger partial charge in [0.1, 0.15) is 5.75 Å². The molecule has 0 saturated heterocycles. The van der Waals surface area contributed by atoms with Crippen LogP contribution in [0.4, 0.5) is 13.2 Å². The number of benzene rings is 3. The Bertz CT molecular complexity index is 1130. The molecule has 0 unspecified atom stereocenters. The van der Waals surface area contributed by atoms with Gasteiger partial charge >= 0.3 is 12.1 Å². The molecule has 0 aliphatic heterocycles. The molecule has 3 aromatic rings. The van der Waals surface area contributed by atoms with E-state index in [1.807, 2.05) is 0 Å². The molecule has 0 fully saturated rings. The van der Waals surface area contributed by atoms with Gasteiger partial charge in [-0.2, -0.15) is 18.4 Å². The highest BCUT2D eigenvalue weighted by Crippen LogP contribution is 2.29. The van der Waals surface area contributed by atoms with Crippen molar-refractivity contribution in [1.29, 1.82) is 5.26 Å². The molecule has 30 heavy (non-hydrogen) atoms. The standard InChI is InChI=1S/C23H13ClF3NO2/c24-20-10-6-16(7-11-20)18(14-28)12-15-2-1-3-21(13-15)30-22(29)17-4-8-19(9-5-17)23(25,26)27/h1-13H/b18-12-. The van der Waals surface area contributed by atoms with Crippen molar-refractivity contribution in [2.45, 2.75) is 6.18 Å². The Morgan fingerprint density at radius 3 is 2.20 bits per heavy atom. The normalized spacial score (nSPS) is 11.6. The molecule has 3 rings (SSSR count). The molecule has 3 nitrogen and oxygen atoms in total. The van der Waals surface area contributed by atoms with Crippen LogP contribution in [0.25, 0.3) is 11.6 Å². The maximum absolute atomic E-state index is 12.6. The van der Waals surface area contributed by atoms with Crippen molar-refractivity contribution in [1.82, 2.24) is 0 Å². The lowest BCUT2D eigenvalue weighted by Crippen LogP contribution is -2.10. The lowest BCUT2D eigenvalue weighted by atomic mass is 10.0. The van der Waals surface area contributed by atoms with E-state index in [1.54, 1.807) is 48.5 Å². The van der Waals surface area contributed by atoms with Crippen molar-refractivity contribution in [2.24, 2.45) is 0 Å². The average Bonchev–Trinajstić information content (AvgIpc) is 2.72. The Morgan fingerprint density at radius 2 is 1.60 bits per heavy atom. The number of rotatable bonds is 4. The lowest BCUT2D eigenvalue weighted by molar-refractivity contribution is -0.137. The molecule has 0 N–H and O–H groups in total. The molecule has 0 aliphatic carbocycles. The molecule has 0 heterocycles. The van der Waals surface area contributed by atoms with Crippen LogP contribution in [0.1, 0.15) is 27.0 Å². The number of halogens is 4. The summed E-state index contributed by atoms with van der Waals surface area (Å²) in [5.41, 5.74) is 0.811. The molecular formula is C23H13ClF3NO2. The van der Waals surface area contributed by atoms with Gasteiger partial charge in [-0.15, -0.1) is 0 Å². The fraction of sp³-hybridized carbons (Fsp3) is 0.0435. The first-order valence-electron chi connectivity index (χ1n) is 8.63. The summed E-state index contributed by atoms with van der Waals surface area (Å²) in [5.74, 6) is -0.592. The minimum atomic E-state index is -4.48. The molecule has 0 aromatic heterocycles. The van der Waals surface area contributed by atoms with Gasteiger partial charge in [-0.05, 0) is 65.7 Å². The van der Waals surface area contributed by atoms with E-state index in [4.69, 9.17) is 16.3 Å². The van der Waals surface area contributed by atoms with Gasteiger partial charge in [0.25, 0.3) is 0 Å². The van der Waals surface area contributed by atoms with Crippen LogP contribution in [-0.4, -0.2) is 5.97 Å².